The van der Waals surface area contributed by atoms with E-state index in [1.54, 1.807) is 17.0 Å². The molecule has 34 heavy (non-hydrogen) atoms. The molecule has 2 aromatic carbocycles. The van der Waals surface area contributed by atoms with Gasteiger partial charge in [0.05, 0.1) is 17.1 Å². The molecule has 2 aromatic heterocycles. The summed E-state index contributed by atoms with van der Waals surface area (Å²) >= 11 is 1.18. The van der Waals surface area contributed by atoms with Gasteiger partial charge in [-0.1, -0.05) is 60.3 Å². The molecule has 1 N–H and O–H groups in total. The van der Waals surface area contributed by atoms with Crippen LogP contribution in [0.3, 0.4) is 0 Å². The van der Waals surface area contributed by atoms with Crippen LogP contribution in [-0.4, -0.2) is 70.6 Å². The molecule has 0 radical (unpaired) electrons. The smallest absolute Gasteiger partial charge is 0.277 e. The van der Waals surface area contributed by atoms with E-state index in [2.05, 4.69) is 15.2 Å². The van der Waals surface area contributed by atoms with Gasteiger partial charge in [0, 0.05) is 43.3 Å². The van der Waals surface area contributed by atoms with Crippen LogP contribution in [0.25, 0.3) is 22.4 Å². The van der Waals surface area contributed by atoms with Gasteiger partial charge in [-0.3, -0.25) is 4.79 Å². The van der Waals surface area contributed by atoms with Crippen molar-refractivity contribution in [2.24, 2.45) is 0 Å². The zero-order chi connectivity index (χ0) is 23.5. The first-order valence-corrected chi connectivity index (χ1v) is 13.4. The van der Waals surface area contributed by atoms with Crippen molar-refractivity contribution in [3.05, 3.63) is 66.4 Å². The first-order chi connectivity index (χ1) is 16.5. The summed E-state index contributed by atoms with van der Waals surface area (Å²) in [5.74, 6) is 0.418. The highest BCUT2D eigenvalue weighted by atomic mass is 32.2. The second-order valence-electron chi connectivity index (χ2n) is 7.93. The minimum atomic E-state index is -3.42. The summed E-state index contributed by atoms with van der Waals surface area (Å²) in [5, 5.41) is 9.47. The van der Waals surface area contributed by atoms with Crippen LogP contribution in [0.15, 0.2) is 70.4 Å². The number of para-hydroxylation sites is 1. The number of fused-ring (bicyclic) bond motifs is 1. The molecule has 9 nitrogen and oxygen atoms in total. The molecule has 176 valence electrons. The van der Waals surface area contributed by atoms with Gasteiger partial charge >= 0.3 is 0 Å². The summed E-state index contributed by atoms with van der Waals surface area (Å²) in [6.45, 7) is 1.29. The number of aromatic amines is 1. The van der Waals surface area contributed by atoms with E-state index < -0.39 is 10.0 Å². The van der Waals surface area contributed by atoms with Crippen molar-refractivity contribution in [2.75, 3.05) is 31.9 Å². The lowest BCUT2D eigenvalue weighted by atomic mass is 10.2. The van der Waals surface area contributed by atoms with Crippen molar-refractivity contribution in [3.63, 3.8) is 0 Å². The zero-order valence-corrected chi connectivity index (χ0v) is 19.9. The number of rotatable bonds is 7. The molecule has 0 spiro atoms. The highest BCUT2D eigenvalue weighted by molar-refractivity contribution is 7.99. The first-order valence-electron chi connectivity index (χ1n) is 10.8. The topological polar surface area (TPSA) is 112 Å². The van der Waals surface area contributed by atoms with Crippen molar-refractivity contribution in [1.29, 1.82) is 0 Å². The van der Waals surface area contributed by atoms with Crippen LogP contribution in [0.5, 0.6) is 0 Å². The molecule has 0 saturated carbocycles. The number of amides is 1. The Morgan fingerprint density at radius 1 is 1.00 bits per heavy atom. The highest BCUT2D eigenvalue weighted by Gasteiger charge is 2.29. The van der Waals surface area contributed by atoms with Gasteiger partial charge in [0.15, 0.2) is 0 Å². The van der Waals surface area contributed by atoms with Crippen molar-refractivity contribution in [2.45, 2.75) is 11.0 Å². The molecule has 0 aliphatic carbocycles. The Morgan fingerprint density at radius 3 is 2.53 bits per heavy atom. The largest absolute Gasteiger partial charge is 0.411 e. The Hall–Kier alpha value is -3.15. The van der Waals surface area contributed by atoms with E-state index in [4.69, 9.17) is 4.42 Å². The Kier molecular flexibility index (Phi) is 6.40. The molecule has 4 aromatic rings. The minimum Gasteiger partial charge on any atom is -0.411 e. The number of sulfonamides is 1. The summed E-state index contributed by atoms with van der Waals surface area (Å²) in [5.41, 5.74) is 2.54. The number of carbonyl (C=O) groups excluding carboxylic acids is 1. The van der Waals surface area contributed by atoms with E-state index >= 15 is 0 Å². The lowest BCUT2D eigenvalue weighted by molar-refractivity contribution is -0.129. The van der Waals surface area contributed by atoms with E-state index in [0.29, 0.717) is 24.2 Å². The summed E-state index contributed by atoms with van der Waals surface area (Å²) < 4.78 is 32.6. The number of nitrogens with zero attached hydrogens (tertiary/aromatic N) is 4. The van der Waals surface area contributed by atoms with Crippen LogP contribution >= 0.6 is 11.8 Å². The molecule has 1 fully saturated rings. The fraction of sp³-hybridized carbons (Fsp3) is 0.261. The predicted molar refractivity (Wildman–Crippen MR) is 130 cm³/mol. The lowest BCUT2D eigenvalue weighted by Crippen LogP contribution is -2.51. The van der Waals surface area contributed by atoms with Crippen LogP contribution in [-0.2, 0) is 20.6 Å². The average Bonchev–Trinajstić information content (AvgIpc) is 3.50. The van der Waals surface area contributed by atoms with Crippen LogP contribution in [0.1, 0.15) is 5.56 Å². The molecule has 5 rings (SSSR count). The number of aromatic nitrogens is 3. The number of nitrogens with one attached hydrogen (secondary N) is 1. The minimum absolute atomic E-state index is 0.0342. The molecule has 1 saturated heterocycles. The number of piperazine rings is 1. The van der Waals surface area contributed by atoms with Crippen LogP contribution < -0.4 is 0 Å². The maximum absolute atomic E-state index is 12.7. The Balaban J connectivity index is 1.14. The fourth-order valence-electron chi connectivity index (χ4n) is 3.93. The van der Waals surface area contributed by atoms with Crippen molar-refractivity contribution in [1.82, 2.24) is 24.4 Å². The molecular formula is C23H23N5O4S2. The molecule has 0 unspecified atom stereocenters. The number of hydrogen-bond donors (Lipinski definition) is 1. The van der Waals surface area contributed by atoms with Gasteiger partial charge in [-0.05, 0) is 11.6 Å². The second kappa shape index (κ2) is 9.61. The van der Waals surface area contributed by atoms with Gasteiger partial charge in [-0.2, -0.15) is 4.31 Å². The maximum atomic E-state index is 12.7. The molecule has 0 bridgehead atoms. The summed E-state index contributed by atoms with van der Waals surface area (Å²) in [7, 11) is -3.42. The molecule has 0 atom stereocenters. The Morgan fingerprint density at radius 2 is 1.74 bits per heavy atom. The van der Waals surface area contributed by atoms with Gasteiger partial charge in [-0.25, -0.2) is 8.42 Å². The fourth-order valence-corrected chi connectivity index (χ4v) is 6.11. The summed E-state index contributed by atoms with van der Waals surface area (Å²) in [6, 6.07) is 16.9. The predicted octanol–water partition coefficient (Wildman–Crippen LogP) is 2.98. The number of hydrogen-bond acceptors (Lipinski definition) is 7. The zero-order valence-electron chi connectivity index (χ0n) is 18.3. The third-order valence-corrected chi connectivity index (χ3v) is 8.38. The Bertz CT molecular complexity index is 1390. The normalized spacial score (nSPS) is 15.1. The number of thioether (sulfide) groups is 1. The molecule has 11 heteroatoms. The van der Waals surface area contributed by atoms with Crippen LogP contribution in [0.4, 0.5) is 0 Å². The number of benzene rings is 2. The van der Waals surface area contributed by atoms with Crippen LogP contribution in [0, 0.1) is 0 Å². The third kappa shape index (κ3) is 4.86. The van der Waals surface area contributed by atoms with E-state index in [1.807, 2.05) is 48.7 Å². The first kappa shape index (κ1) is 22.6. The standard InChI is InChI=1S/C23H23N5O4S2/c29-21(27-10-12-28(13-11-27)34(30,31)16-17-6-2-1-3-7-17)15-33-23-26-25-22(32-23)19-14-24-20-9-5-4-8-18(19)20/h1-9,14,24H,10-13,15-16H2. The highest BCUT2D eigenvalue weighted by Crippen LogP contribution is 2.29. The third-order valence-electron chi connectivity index (χ3n) is 5.72. The molecule has 1 aliphatic heterocycles. The monoisotopic (exact) mass is 497 g/mol. The summed E-state index contributed by atoms with van der Waals surface area (Å²) in [6.07, 6.45) is 1.82. The molecule has 1 amide bonds. The van der Waals surface area contributed by atoms with E-state index in [0.717, 1.165) is 22.0 Å². The van der Waals surface area contributed by atoms with E-state index in [-0.39, 0.29) is 30.5 Å². The molecule has 1 aliphatic rings. The summed E-state index contributed by atoms with van der Waals surface area (Å²) in [4.78, 5) is 17.5. The SMILES string of the molecule is O=C(CSc1nnc(-c2c[nH]c3ccccc23)o1)N1CCN(S(=O)(=O)Cc2ccccc2)CC1. The Labute approximate surface area is 201 Å². The van der Waals surface area contributed by atoms with Crippen molar-refractivity contribution >= 4 is 38.6 Å². The molecular weight excluding hydrogens is 474 g/mol. The average molecular weight is 498 g/mol. The van der Waals surface area contributed by atoms with E-state index in [9.17, 15) is 13.2 Å². The van der Waals surface area contributed by atoms with Crippen LogP contribution in [0.2, 0.25) is 0 Å². The van der Waals surface area contributed by atoms with Gasteiger partial charge in [0.2, 0.25) is 15.9 Å². The van der Waals surface area contributed by atoms with Crippen molar-refractivity contribution < 1.29 is 17.6 Å². The van der Waals surface area contributed by atoms with Gasteiger partial charge in [-0.15, -0.1) is 10.2 Å². The van der Waals surface area contributed by atoms with Crippen molar-refractivity contribution in [3.8, 4) is 11.5 Å². The quantitative estimate of drug-likeness (QED) is 0.391. The molecule has 3 heterocycles. The van der Waals surface area contributed by atoms with Gasteiger partial charge in [0.25, 0.3) is 11.1 Å². The van der Waals surface area contributed by atoms with E-state index in [1.165, 1.54) is 16.1 Å². The number of H-pyrrole nitrogens is 1. The lowest BCUT2D eigenvalue weighted by Gasteiger charge is -2.34. The van der Waals surface area contributed by atoms with Gasteiger partial charge in [0.1, 0.15) is 0 Å². The number of carbonyl (C=O) groups is 1. The maximum Gasteiger partial charge on any atom is 0.277 e. The van der Waals surface area contributed by atoms with Gasteiger partial charge < -0.3 is 14.3 Å². The second-order valence-corrected chi connectivity index (χ2v) is 10.8.